The Hall–Kier alpha value is -2.95. The van der Waals surface area contributed by atoms with Gasteiger partial charge in [-0.25, -0.2) is 0 Å². The summed E-state index contributed by atoms with van der Waals surface area (Å²) in [4.78, 5) is 0. The van der Waals surface area contributed by atoms with Crippen LogP contribution in [-0.2, 0) is 6.42 Å². The molecule has 0 nitrogen and oxygen atoms in total. The average molecular weight is 512 g/mol. The maximum atomic E-state index is 2.35. The Morgan fingerprint density at radius 1 is 1.05 bits per heavy atom. The van der Waals surface area contributed by atoms with E-state index in [-0.39, 0.29) is 0 Å². The fraction of sp³-hybridized carbons (Fsp3) is 0.211. The van der Waals surface area contributed by atoms with Crippen LogP contribution in [0.1, 0.15) is 28.7 Å². The molecule has 0 bridgehead atoms. The van der Waals surface area contributed by atoms with Crippen LogP contribution in [0.4, 0.5) is 0 Å². The quantitative estimate of drug-likeness (QED) is 0.360. The van der Waals surface area contributed by atoms with Crippen LogP contribution in [0.15, 0.2) is 36.4 Å². The van der Waals surface area contributed by atoms with E-state index >= 15 is 0 Å². The van der Waals surface area contributed by atoms with Crippen molar-refractivity contribution in [2.45, 2.75) is 26.7 Å². The van der Waals surface area contributed by atoms with Crippen LogP contribution < -0.4 is 0 Å². The number of rotatable bonds is 0. The molecule has 0 heterocycles. The van der Waals surface area contributed by atoms with Crippen molar-refractivity contribution >= 4 is 27.6 Å². The van der Waals surface area contributed by atoms with Gasteiger partial charge in [0, 0.05) is 0 Å². The molecule has 0 spiro atoms. The van der Waals surface area contributed by atoms with Gasteiger partial charge in [0.2, 0.25) is 0 Å². The van der Waals surface area contributed by atoms with Crippen LogP contribution in [0.2, 0.25) is 0 Å². The van der Waals surface area contributed by atoms with Crippen LogP contribution in [0.3, 0.4) is 0 Å². The molecule has 0 N–H and O–H groups in total. The largest absolute Gasteiger partial charge is 0.126 e. The number of aryl methyl sites for hydroxylation is 3. The van der Waals surface area contributed by atoms with Gasteiger partial charge in [-0.3, -0.25) is 0 Å². The Bertz CT molecular complexity index is 834. The van der Waals surface area contributed by atoms with E-state index in [9.17, 15) is 0 Å². The molecule has 0 unspecified atom stereocenters. The second-order valence-corrected chi connectivity index (χ2v) is 5.73. The van der Waals surface area contributed by atoms with Gasteiger partial charge in [0.05, 0.1) is 0 Å². The summed E-state index contributed by atoms with van der Waals surface area (Å²) >= 11 is 0. The third kappa shape index (κ3) is 1.46. The first-order chi connectivity index (χ1) is 9.24. The molecule has 1 heteroatoms. The molecule has 1 aliphatic rings. The average Bonchev–Trinajstić information content (AvgIpc) is 2.76. The summed E-state index contributed by atoms with van der Waals surface area (Å²) in [5.41, 5.74) is 5.75. The Morgan fingerprint density at radius 2 is 1.90 bits per heavy atom. The van der Waals surface area contributed by atoms with Crippen molar-refractivity contribution in [1.29, 1.82) is 0 Å². The van der Waals surface area contributed by atoms with E-state index in [2.05, 4.69) is 56.3 Å². The third-order valence-corrected chi connectivity index (χ3v) is 4.35. The van der Waals surface area contributed by atoms with Crippen molar-refractivity contribution in [3.05, 3.63) is 58.7 Å². The Balaban J connectivity index is 0.00000121. The summed E-state index contributed by atoms with van der Waals surface area (Å²) in [6, 6.07) is 11.5. The minimum atomic E-state index is 0. The molecule has 0 saturated heterocycles. The van der Waals surface area contributed by atoms with Crippen molar-refractivity contribution in [3.63, 3.8) is 0 Å². The summed E-state index contributed by atoms with van der Waals surface area (Å²) in [5.74, 6) is 0. The molecule has 0 atom stereocenters. The van der Waals surface area contributed by atoms with Gasteiger partial charge in [0.25, 0.3) is 0 Å². The molecule has 96 valence electrons. The van der Waals surface area contributed by atoms with Crippen molar-refractivity contribution in [2.24, 2.45) is 0 Å². The number of hydrogen-bond donors (Lipinski definition) is 0. The molecule has 0 saturated carbocycles. The van der Waals surface area contributed by atoms with E-state index in [0.717, 1.165) is 0 Å². The molecule has 20 heavy (non-hydrogen) atoms. The molecule has 0 fully saturated rings. The van der Waals surface area contributed by atoms with Gasteiger partial charge in [-0.05, 0) is 32.3 Å². The van der Waals surface area contributed by atoms with Crippen molar-refractivity contribution in [1.82, 2.24) is 0 Å². The van der Waals surface area contributed by atoms with Gasteiger partial charge < -0.3 is 0 Å². The number of benzene rings is 2. The maximum Gasteiger partial charge on any atom is 0 e. The van der Waals surface area contributed by atoms with Gasteiger partial charge >= 0.3 is 0 Å². The first-order valence-electron chi connectivity index (χ1n) is 7.03. The van der Waals surface area contributed by atoms with Gasteiger partial charge in [-0.1, -0.05) is 41.0 Å². The van der Waals surface area contributed by atoms with E-state index in [0.29, 0.717) is 0 Å². The molecular weight excluding hydrogens is 495 g/mol. The van der Waals surface area contributed by atoms with Crippen LogP contribution in [0.25, 0.3) is 27.6 Å². The second-order valence-electron chi connectivity index (χ2n) is 5.73. The van der Waals surface area contributed by atoms with Crippen LogP contribution in [-0.4, -0.2) is 0 Å². The second kappa shape index (κ2) is 4.03. The first kappa shape index (κ1) is 12.1. The molecule has 0 radical (unpaired) electrons. The normalized spacial score (nSPS) is 13.5. The third-order valence-electron chi connectivity index (χ3n) is 4.35. The predicted molar refractivity (Wildman–Crippen MR) is 83.9 cm³/mol. The first-order valence-corrected chi connectivity index (χ1v) is 7.03. The molecule has 4 rings (SSSR count). The summed E-state index contributed by atoms with van der Waals surface area (Å²) in [5, 5.41) is 5.71. The van der Waals surface area contributed by atoms with Crippen molar-refractivity contribution in [3.8, 4) is 0 Å². The number of hydrogen-bond acceptors (Lipinski definition) is 0. The van der Waals surface area contributed by atoms with Crippen LogP contribution in [0, 0.1) is 13.8 Å². The monoisotopic (exact) mass is 512 g/mol. The Kier molecular flexibility index (Phi) is 2.44. The topological polar surface area (TPSA) is 0 Å². The molecule has 0 aromatic heterocycles. The molecule has 1 aliphatic carbocycles. The predicted octanol–water partition coefficient (Wildman–Crippen LogP) is 5.29. The minimum absolute atomic E-state index is 0. The standard InChI is InChI=1S/C19H17.Rf/c1-12-7-8-17-14(9-12)11-15-10-13(2)16-5-3-4-6-18(16)19(15)17;/h3,5,7-11H,4,6H2,1-2H3;/q-1;. The van der Waals surface area contributed by atoms with E-state index < -0.39 is 0 Å². The SMILES string of the molecule is Cc1ccc2c(c1)[cH-]c1cc(C)c3c(c12)CCC=C3.[Rf]. The van der Waals surface area contributed by atoms with Gasteiger partial charge in [-0.15, -0.1) is 39.7 Å². The fourth-order valence-electron chi connectivity index (χ4n) is 3.48. The minimum Gasteiger partial charge on any atom is -0.126 e. The van der Waals surface area contributed by atoms with Crippen molar-refractivity contribution in [2.75, 3.05) is 0 Å². The molecule has 0 aliphatic heterocycles. The summed E-state index contributed by atoms with van der Waals surface area (Å²) in [7, 11) is 0. The summed E-state index contributed by atoms with van der Waals surface area (Å²) in [6.45, 7) is 4.40. The molecule has 0 amide bonds. The van der Waals surface area contributed by atoms with Gasteiger partial charge in [0.1, 0.15) is 0 Å². The van der Waals surface area contributed by atoms with E-state index in [1.54, 1.807) is 5.56 Å². The summed E-state index contributed by atoms with van der Waals surface area (Å²) < 4.78 is 0. The van der Waals surface area contributed by atoms with E-state index in [1.807, 2.05) is 0 Å². The van der Waals surface area contributed by atoms with E-state index in [1.165, 1.54) is 51.1 Å². The zero-order valence-corrected chi connectivity index (χ0v) is 18.6. The molecule has 3 aromatic rings. The Morgan fingerprint density at radius 3 is 2.75 bits per heavy atom. The van der Waals surface area contributed by atoms with Gasteiger partial charge in [-0.2, -0.15) is 0 Å². The fourth-order valence-corrected chi connectivity index (χ4v) is 3.48. The Labute approximate surface area is 113 Å². The zero-order chi connectivity index (χ0) is 13.0. The van der Waals surface area contributed by atoms with E-state index in [4.69, 9.17) is 0 Å². The van der Waals surface area contributed by atoms with Crippen LogP contribution >= 0.6 is 0 Å². The maximum absolute atomic E-state index is 2.35. The number of allylic oxidation sites excluding steroid dienone is 1. The smallest absolute Gasteiger partial charge is 0 e. The van der Waals surface area contributed by atoms with Crippen molar-refractivity contribution < 1.29 is 0 Å². The number of fused-ring (bicyclic) bond motifs is 5. The van der Waals surface area contributed by atoms with Crippen LogP contribution in [0.5, 0.6) is 0 Å². The molecular formula is C19H17Rf-. The van der Waals surface area contributed by atoms with Gasteiger partial charge in [0.15, 0.2) is 0 Å². The summed E-state index contributed by atoms with van der Waals surface area (Å²) in [6.07, 6.45) is 6.96. The molecule has 3 aromatic carbocycles. The zero-order valence-electron chi connectivity index (χ0n) is 12.2.